The van der Waals surface area contributed by atoms with Gasteiger partial charge in [0.25, 0.3) is 0 Å². The molecule has 4 aromatic carbocycles. The van der Waals surface area contributed by atoms with Gasteiger partial charge in [-0.2, -0.15) is 6.42 Å². The SMILES string of the molecule is [CH3-].[CH3-].[Pd].c1ccc(P([CH-]CCCP(c2ccccc2)c2ccccc2)c2ccccc2)cc1. The average Bonchev–Trinajstić information content (AvgIpc) is 2.84. The van der Waals surface area contributed by atoms with Gasteiger partial charge in [-0.05, 0) is 24.7 Å². The molecule has 0 bridgehead atoms. The molecule has 0 aliphatic carbocycles. The third kappa shape index (κ3) is 8.60. The maximum absolute atomic E-state index is 2.57. The molecule has 0 fully saturated rings. The minimum Gasteiger partial charge on any atom is -0.358 e. The molecule has 0 nitrogen and oxygen atoms in total. The summed E-state index contributed by atoms with van der Waals surface area (Å²) in [4.78, 5) is 0. The van der Waals surface area contributed by atoms with E-state index in [1.54, 1.807) is 0 Å². The normalized spacial score (nSPS) is 10.1. The van der Waals surface area contributed by atoms with Crippen LogP contribution in [-0.4, -0.2) is 6.16 Å². The van der Waals surface area contributed by atoms with Crippen molar-refractivity contribution in [3.63, 3.8) is 0 Å². The van der Waals surface area contributed by atoms with Crippen LogP contribution < -0.4 is 21.2 Å². The molecule has 33 heavy (non-hydrogen) atoms. The topological polar surface area (TPSA) is 0 Å². The molecule has 0 unspecified atom stereocenters. The summed E-state index contributed by atoms with van der Waals surface area (Å²) in [7, 11) is -0.711. The third-order valence-corrected chi connectivity index (χ3v) is 10.0. The van der Waals surface area contributed by atoms with Crippen molar-refractivity contribution in [2.24, 2.45) is 0 Å². The molecule has 0 aliphatic heterocycles. The second-order valence-corrected chi connectivity index (χ2v) is 11.7. The second-order valence-electron chi connectivity index (χ2n) is 7.19. The molecule has 0 saturated heterocycles. The minimum atomic E-state index is -0.408. The summed E-state index contributed by atoms with van der Waals surface area (Å²) in [6, 6.07) is 44.0. The van der Waals surface area contributed by atoms with E-state index in [4.69, 9.17) is 0 Å². The van der Waals surface area contributed by atoms with Crippen LogP contribution in [0.15, 0.2) is 121 Å². The minimum absolute atomic E-state index is 0. The zero-order chi connectivity index (χ0) is 20.4. The first-order chi connectivity index (χ1) is 14.9. The van der Waals surface area contributed by atoms with E-state index in [9.17, 15) is 0 Å². The van der Waals surface area contributed by atoms with E-state index in [2.05, 4.69) is 127 Å². The summed E-state index contributed by atoms with van der Waals surface area (Å²) in [6.07, 6.45) is 6.16. The predicted molar refractivity (Wildman–Crippen MR) is 149 cm³/mol. The second kappa shape index (κ2) is 16.1. The Morgan fingerprint density at radius 1 is 0.485 bits per heavy atom. The van der Waals surface area contributed by atoms with Crippen molar-refractivity contribution in [2.75, 3.05) is 6.16 Å². The zero-order valence-electron chi connectivity index (χ0n) is 19.5. The number of hydrogen-bond donors (Lipinski definition) is 0. The molecule has 176 valence electrons. The number of benzene rings is 4. The molecule has 0 spiro atoms. The van der Waals surface area contributed by atoms with E-state index < -0.39 is 7.92 Å². The maximum Gasteiger partial charge on any atom is 0 e. The van der Waals surface area contributed by atoms with Crippen LogP contribution in [0.2, 0.25) is 0 Å². The first kappa shape index (κ1) is 29.4. The Labute approximate surface area is 218 Å². The molecular formula is C30H33P2Pd-3. The molecular weight excluding hydrogens is 529 g/mol. The van der Waals surface area contributed by atoms with E-state index in [0.29, 0.717) is 0 Å². The molecule has 0 saturated carbocycles. The molecule has 4 aromatic rings. The van der Waals surface area contributed by atoms with Gasteiger partial charge in [-0.1, -0.05) is 138 Å². The van der Waals surface area contributed by atoms with Crippen LogP contribution in [0.4, 0.5) is 0 Å². The molecule has 3 heteroatoms. The van der Waals surface area contributed by atoms with Crippen LogP contribution in [0.25, 0.3) is 0 Å². The van der Waals surface area contributed by atoms with Gasteiger partial charge in [-0.15, -0.1) is 0 Å². The fraction of sp³-hybridized carbons (Fsp3) is 0.100. The summed E-state index contributed by atoms with van der Waals surface area (Å²) >= 11 is 0. The van der Waals surface area contributed by atoms with Gasteiger partial charge in [-0.25, -0.2) is 7.92 Å². The summed E-state index contributed by atoms with van der Waals surface area (Å²) in [5.41, 5.74) is 0. The van der Waals surface area contributed by atoms with Gasteiger partial charge in [0.05, 0.1) is 0 Å². The van der Waals surface area contributed by atoms with E-state index >= 15 is 0 Å². The van der Waals surface area contributed by atoms with E-state index in [1.807, 2.05) is 0 Å². The molecule has 0 amide bonds. The molecule has 4 rings (SSSR count). The smallest absolute Gasteiger partial charge is 0 e. The average molecular weight is 562 g/mol. The third-order valence-electron chi connectivity index (χ3n) is 5.10. The van der Waals surface area contributed by atoms with Gasteiger partial charge in [-0.3, -0.25) is 6.16 Å². The monoisotopic (exact) mass is 561 g/mol. The van der Waals surface area contributed by atoms with E-state index in [0.717, 1.165) is 6.42 Å². The van der Waals surface area contributed by atoms with Crippen LogP contribution in [-0.2, 0) is 20.4 Å². The maximum atomic E-state index is 2.57. The largest absolute Gasteiger partial charge is 0.358 e. The Kier molecular flexibility index (Phi) is 14.4. The van der Waals surface area contributed by atoms with Crippen LogP contribution in [0.5, 0.6) is 0 Å². The fourth-order valence-corrected chi connectivity index (χ4v) is 8.15. The molecule has 0 N–H and O–H groups in total. The summed E-state index contributed by atoms with van der Waals surface area (Å²) < 4.78 is 0. The van der Waals surface area contributed by atoms with Crippen molar-refractivity contribution in [2.45, 2.75) is 12.8 Å². The Morgan fingerprint density at radius 3 is 1.18 bits per heavy atom. The first-order valence-corrected chi connectivity index (χ1v) is 13.5. The van der Waals surface area contributed by atoms with Crippen LogP contribution in [0.1, 0.15) is 12.8 Å². The van der Waals surface area contributed by atoms with Gasteiger partial charge in [0.1, 0.15) is 0 Å². The zero-order valence-corrected chi connectivity index (χ0v) is 22.8. The van der Waals surface area contributed by atoms with Crippen molar-refractivity contribution < 1.29 is 20.4 Å². The van der Waals surface area contributed by atoms with Crippen LogP contribution in [0, 0.1) is 21.0 Å². The molecule has 0 heterocycles. The van der Waals surface area contributed by atoms with Crippen molar-refractivity contribution in [1.82, 2.24) is 0 Å². The predicted octanol–water partition coefficient (Wildman–Crippen LogP) is 7.09. The van der Waals surface area contributed by atoms with Crippen molar-refractivity contribution in [1.29, 1.82) is 0 Å². The van der Waals surface area contributed by atoms with Gasteiger partial charge >= 0.3 is 0 Å². The van der Waals surface area contributed by atoms with Gasteiger partial charge in [0.15, 0.2) is 0 Å². The Balaban J connectivity index is 0.00000181. The Hall–Kier alpha value is -1.60. The van der Waals surface area contributed by atoms with Crippen molar-refractivity contribution in [3.8, 4) is 0 Å². The quantitative estimate of drug-likeness (QED) is 0.0886. The number of rotatable bonds is 9. The van der Waals surface area contributed by atoms with Crippen LogP contribution >= 0.6 is 15.8 Å². The van der Waals surface area contributed by atoms with Gasteiger partial charge in [0, 0.05) is 20.4 Å². The Bertz CT molecular complexity index is 828. The molecule has 0 radical (unpaired) electrons. The van der Waals surface area contributed by atoms with E-state index in [-0.39, 0.29) is 43.2 Å². The summed E-state index contributed by atoms with van der Waals surface area (Å²) in [6.45, 7) is 0. The van der Waals surface area contributed by atoms with Gasteiger partial charge < -0.3 is 14.9 Å². The van der Waals surface area contributed by atoms with Crippen LogP contribution in [0.3, 0.4) is 0 Å². The molecule has 0 atom stereocenters. The number of hydrogen-bond acceptors (Lipinski definition) is 0. The van der Waals surface area contributed by atoms with E-state index in [1.165, 1.54) is 33.8 Å². The first-order valence-electron chi connectivity index (χ1n) is 10.5. The summed E-state index contributed by atoms with van der Waals surface area (Å²) in [5.74, 6) is 0. The number of unbranched alkanes of at least 4 members (excludes halogenated alkanes) is 1. The fourth-order valence-electron chi connectivity index (χ4n) is 3.63. The molecule has 0 aliphatic rings. The standard InChI is InChI=1S/C28H27P2.2CH3.Pd/c1-5-15-25(16-6-1)29(26-17-7-2-8-18-26)23-13-14-24-30(27-19-9-3-10-20-27)28-21-11-4-12-22-28;;;/h1-12,15-23H,13-14,24H2;2*1H3;/q3*-1;. The summed E-state index contributed by atoms with van der Waals surface area (Å²) in [5, 5.41) is 5.83. The molecule has 0 aromatic heterocycles. The van der Waals surface area contributed by atoms with Gasteiger partial charge in [0.2, 0.25) is 0 Å². The van der Waals surface area contributed by atoms with Crippen molar-refractivity contribution >= 4 is 37.1 Å². The Morgan fingerprint density at radius 2 is 0.818 bits per heavy atom. The van der Waals surface area contributed by atoms with Crippen molar-refractivity contribution in [3.05, 3.63) is 142 Å².